The van der Waals surface area contributed by atoms with Crippen LogP contribution in [0.3, 0.4) is 0 Å². The van der Waals surface area contributed by atoms with E-state index in [-0.39, 0.29) is 16.6 Å². The molecule has 1 aromatic rings. The summed E-state index contributed by atoms with van der Waals surface area (Å²) in [6.07, 6.45) is 5.09. The Hall–Kier alpha value is -1.62. The zero-order valence-electron chi connectivity index (χ0n) is 11.5. The van der Waals surface area contributed by atoms with E-state index in [1.807, 2.05) is 0 Å². The molecule has 0 aromatic heterocycles. The third kappa shape index (κ3) is 3.35. The van der Waals surface area contributed by atoms with Gasteiger partial charge >= 0.3 is 0 Å². The van der Waals surface area contributed by atoms with Crippen LogP contribution in [-0.2, 0) is 0 Å². The molecule has 1 aromatic carbocycles. The SMILES string of the molecule is O=C(NCC(C1CC1)C1CC1)c1ccc([N+](=O)[O-])cc1Cl. The molecule has 0 bridgehead atoms. The average Bonchev–Trinajstić information content (AvgIpc) is 3.32. The molecule has 2 saturated carbocycles. The highest BCUT2D eigenvalue weighted by Crippen LogP contribution is 2.48. The Morgan fingerprint density at radius 2 is 1.95 bits per heavy atom. The van der Waals surface area contributed by atoms with Gasteiger partial charge < -0.3 is 5.32 Å². The van der Waals surface area contributed by atoms with E-state index in [0.29, 0.717) is 18.0 Å². The summed E-state index contributed by atoms with van der Waals surface area (Å²) in [7, 11) is 0. The maximum Gasteiger partial charge on any atom is 0.270 e. The van der Waals surface area contributed by atoms with E-state index >= 15 is 0 Å². The van der Waals surface area contributed by atoms with Gasteiger partial charge in [0.2, 0.25) is 0 Å². The summed E-state index contributed by atoms with van der Waals surface area (Å²) < 4.78 is 0. The molecule has 1 amide bonds. The first-order valence-corrected chi connectivity index (χ1v) is 7.66. The van der Waals surface area contributed by atoms with Crippen molar-refractivity contribution in [1.82, 2.24) is 5.32 Å². The minimum absolute atomic E-state index is 0.106. The summed E-state index contributed by atoms with van der Waals surface area (Å²) in [6.45, 7) is 0.682. The largest absolute Gasteiger partial charge is 0.352 e. The quantitative estimate of drug-likeness (QED) is 0.646. The van der Waals surface area contributed by atoms with Crippen molar-refractivity contribution in [3.8, 4) is 0 Å². The molecule has 0 radical (unpaired) electrons. The van der Waals surface area contributed by atoms with Crippen LogP contribution in [0.25, 0.3) is 0 Å². The molecule has 21 heavy (non-hydrogen) atoms. The van der Waals surface area contributed by atoms with E-state index in [2.05, 4.69) is 5.32 Å². The fourth-order valence-corrected chi connectivity index (χ4v) is 3.14. The van der Waals surface area contributed by atoms with Crippen LogP contribution in [0.5, 0.6) is 0 Å². The van der Waals surface area contributed by atoms with Crippen LogP contribution < -0.4 is 5.32 Å². The number of benzene rings is 1. The minimum atomic E-state index is -0.524. The van der Waals surface area contributed by atoms with Gasteiger partial charge in [0.1, 0.15) is 0 Å². The molecule has 0 saturated heterocycles. The van der Waals surface area contributed by atoms with Crippen molar-refractivity contribution in [1.29, 1.82) is 0 Å². The van der Waals surface area contributed by atoms with Gasteiger partial charge in [-0.25, -0.2) is 0 Å². The van der Waals surface area contributed by atoms with E-state index in [1.165, 1.54) is 43.9 Å². The third-order valence-electron chi connectivity index (χ3n) is 4.36. The summed E-state index contributed by atoms with van der Waals surface area (Å²) in [4.78, 5) is 22.3. The zero-order valence-corrected chi connectivity index (χ0v) is 12.3. The van der Waals surface area contributed by atoms with Crippen LogP contribution in [0, 0.1) is 27.9 Å². The molecular formula is C15H17ClN2O3. The van der Waals surface area contributed by atoms with Gasteiger partial charge in [0.15, 0.2) is 0 Å². The predicted octanol–water partition coefficient (Wildman–Crippen LogP) is 3.41. The molecule has 6 heteroatoms. The first-order valence-electron chi connectivity index (χ1n) is 7.28. The standard InChI is InChI=1S/C15H17ClN2O3/c16-14-7-11(18(20)21)5-6-12(14)15(19)17-8-13(9-1-2-9)10-3-4-10/h5-7,9-10,13H,1-4,8H2,(H,17,19). The van der Waals surface area contributed by atoms with E-state index in [9.17, 15) is 14.9 Å². The lowest BCUT2D eigenvalue weighted by molar-refractivity contribution is -0.384. The minimum Gasteiger partial charge on any atom is -0.352 e. The highest BCUT2D eigenvalue weighted by molar-refractivity contribution is 6.34. The van der Waals surface area contributed by atoms with Gasteiger partial charge in [-0.3, -0.25) is 14.9 Å². The maximum atomic E-state index is 12.2. The highest BCUT2D eigenvalue weighted by Gasteiger charge is 2.41. The normalized spacial score (nSPS) is 17.8. The van der Waals surface area contributed by atoms with Gasteiger partial charge in [-0.05, 0) is 49.5 Å². The maximum absolute atomic E-state index is 12.2. The van der Waals surface area contributed by atoms with Crippen molar-refractivity contribution in [3.63, 3.8) is 0 Å². The van der Waals surface area contributed by atoms with Crippen molar-refractivity contribution in [2.45, 2.75) is 25.7 Å². The summed E-state index contributed by atoms with van der Waals surface area (Å²) in [5.74, 6) is 1.88. The number of carbonyl (C=O) groups is 1. The number of nitrogens with one attached hydrogen (secondary N) is 1. The van der Waals surface area contributed by atoms with Gasteiger partial charge in [-0.2, -0.15) is 0 Å². The van der Waals surface area contributed by atoms with Gasteiger partial charge in [0.25, 0.3) is 11.6 Å². The molecular weight excluding hydrogens is 292 g/mol. The third-order valence-corrected chi connectivity index (χ3v) is 4.67. The highest BCUT2D eigenvalue weighted by atomic mass is 35.5. The smallest absolute Gasteiger partial charge is 0.270 e. The number of hydrogen-bond donors (Lipinski definition) is 1. The number of hydrogen-bond acceptors (Lipinski definition) is 3. The van der Waals surface area contributed by atoms with E-state index in [1.54, 1.807) is 0 Å². The first kappa shape index (κ1) is 14.3. The molecule has 5 nitrogen and oxygen atoms in total. The fourth-order valence-electron chi connectivity index (χ4n) is 2.87. The number of non-ortho nitro benzene ring substituents is 1. The molecule has 2 aliphatic carbocycles. The number of carbonyl (C=O) groups excluding carboxylic acids is 1. The Morgan fingerprint density at radius 1 is 1.33 bits per heavy atom. The molecule has 0 aliphatic heterocycles. The zero-order chi connectivity index (χ0) is 15.0. The number of nitrogens with zero attached hydrogens (tertiary/aromatic N) is 1. The molecule has 0 spiro atoms. The Labute approximate surface area is 127 Å². The van der Waals surface area contributed by atoms with Crippen LogP contribution in [-0.4, -0.2) is 17.4 Å². The second-order valence-corrected chi connectivity index (χ2v) is 6.38. The molecule has 112 valence electrons. The lowest BCUT2D eigenvalue weighted by atomic mass is 9.98. The summed E-state index contributed by atoms with van der Waals surface area (Å²) >= 11 is 5.97. The van der Waals surface area contributed by atoms with Crippen molar-refractivity contribution >= 4 is 23.2 Å². The molecule has 2 aliphatic rings. The van der Waals surface area contributed by atoms with Gasteiger partial charge in [-0.15, -0.1) is 0 Å². The lowest BCUT2D eigenvalue weighted by Gasteiger charge is -2.16. The molecule has 2 fully saturated rings. The van der Waals surface area contributed by atoms with E-state index in [0.717, 1.165) is 11.8 Å². The second-order valence-electron chi connectivity index (χ2n) is 5.97. The van der Waals surface area contributed by atoms with Crippen LogP contribution in [0.2, 0.25) is 5.02 Å². The van der Waals surface area contributed by atoms with Crippen molar-refractivity contribution in [3.05, 3.63) is 38.9 Å². The van der Waals surface area contributed by atoms with Gasteiger partial charge in [0, 0.05) is 18.7 Å². The van der Waals surface area contributed by atoms with Crippen LogP contribution >= 0.6 is 11.6 Å². The predicted molar refractivity (Wildman–Crippen MR) is 79.4 cm³/mol. The number of rotatable bonds is 6. The molecule has 0 unspecified atom stereocenters. The fraction of sp³-hybridized carbons (Fsp3) is 0.533. The Bertz CT molecular complexity index is 570. The Kier molecular flexibility index (Phi) is 3.85. The van der Waals surface area contributed by atoms with Crippen LogP contribution in [0.4, 0.5) is 5.69 Å². The van der Waals surface area contributed by atoms with Crippen molar-refractivity contribution in [2.75, 3.05) is 6.54 Å². The number of nitro benzene ring substituents is 1. The van der Waals surface area contributed by atoms with E-state index < -0.39 is 4.92 Å². The molecule has 0 atom stereocenters. The topological polar surface area (TPSA) is 72.2 Å². The monoisotopic (exact) mass is 308 g/mol. The van der Waals surface area contributed by atoms with Gasteiger partial charge in [-0.1, -0.05) is 11.6 Å². The van der Waals surface area contributed by atoms with Crippen LogP contribution in [0.15, 0.2) is 18.2 Å². The summed E-state index contributed by atoms with van der Waals surface area (Å²) in [5.41, 5.74) is 0.193. The van der Waals surface area contributed by atoms with Gasteiger partial charge in [0.05, 0.1) is 15.5 Å². The van der Waals surface area contributed by atoms with E-state index in [4.69, 9.17) is 11.6 Å². The average molecular weight is 309 g/mol. The first-order chi connectivity index (χ1) is 10.1. The van der Waals surface area contributed by atoms with Crippen molar-refractivity contribution < 1.29 is 9.72 Å². The molecule has 0 heterocycles. The Morgan fingerprint density at radius 3 is 2.43 bits per heavy atom. The lowest BCUT2D eigenvalue weighted by Crippen LogP contribution is -2.31. The van der Waals surface area contributed by atoms with Crippen molar-refractivity contribution in [2.24, 2.45) is 17.8 Å². The second kappa shape index (κ2) is 5.64. The Balaban J connectivity index is 1.63. The number of amides is 1. The van der Waals surface area contributed by atoms with Crippen LogP contribution in [0.1, 0.15) is 36.0 Å². The number of halogens is 1. The summed E-state index contributed by atoms with van der Waals surface area (Å²) in [6, 6.07) is 3.94. The molecule has 3 rings (SSSR count). The summed E-state index contributed by atoms with van der Waals surface area (Å²) in [5, 5.41) is 13.7. The molecule has 1 N–H and O–H groups in total. The number of nitro groups is 1.